The van der Waals surface area contributed by atoms with Crippen molar-refractivity contribution in [3.05, 3.63) is 35.4 Å². The zero-order valence-corrected chi connectivity index (χ0v) is 12.8. The molecule has 0 spiro atoms. The highest BCUT2D eigenvalue weighted by molar-refractivity contribution is 5.76. The van der Waals surface area contributed by atoms with Crippen molar-refractivity contribution in [2.24, 2.45) is 5.92 Å². The molecule has 1 aliphatic carbocycles. The lowest BCUT2D eigenvalue weighted by Gasteiger charge is -2.30. The summed E-state index contributed by atoms with van der Waals surface area (Å²) in [7, 11) is 1.74. The van der Waals surface area contributed by atoms with Gasteiger partial charge in [0, 0.05) is 13.5 Å². The average molecular weight is 273 g/mol. The quantitative estimate of drug-likeness (QED) is 0.861. The number of carbonyl (C=O) groups excluding carboxylic acids is 1. The lowest BCUT2D eigenvalue weighted by atomic mass is 9.75. The first-order valence-corrected chi connectivity index (χ1v) is 8.04. The van der Waals surface area contributed by atoms with Gasteiger partial charge in [-0.25, -0.2) is 0 Å². The highest BCUT2D eigenvalue weighted by atomic mass is 16.1. The number of rotatable bonds is 5. The molecule has 0 saturated heterocycles. The normalized spacial score (nSPS) is 17.7. The van der Waals surface area contributed by atoms with Gasteiger partial charge in [-0.3, -0.25) is 4.79 Å². The Labute approximate surface area is 123 Å². The molecule has 0 radical (unpaired) electrons. The summed E-state index contributed by atoms with van der Waals surface area (Å²) in [6, 6.07) is 8.91. The molecule has 1 fully saturated rings. The van der Waals surface area contributed by atoms with Crippen molar-refractivity contribution in [3.8, 4) is 0 Å². The summed E-state index contributed by atoms with van der Waals surface area (Å²) in [5.41, 5.74) is 2.72. The van der Waals surface area contributed by atoms with Crippen LogP contribution in [0.2, 0.25) is 0 Å². The van der Waals surface area contributed by atoms with Crippen LogP contribution in [0.1, 0.15) is 62.5 Å². The molecule has 1 amide bonds. The van der Waals surface area contributed by atoms with E-state index in [1.54, 1.807) is 7.05 Å². The summed E-state index contributed by atoms with van der Waals surface area (Å²) in [5, 5.41) is 2.79. The van der Waals surface area contributed by atoms with Crippen LogP contribution in [0.15, 0.2) is 24.3 Å². The van der Waals surface area contributed by atoms with Gasteiger partial charge in [-0.05, 0) is 42.2 Å². The maximum atomic E-state index is 11.9. The minimum Gasteiger partial charge on any atom is -0.359 e. The molecule has 0 aromatic heterocycles. The predicted octanol–water partition coefficient (Wildman–Crippen LogP) is 4.05. The smallest absolute Gasteiger partial charge is 0.220 e. The first-order valence-electron chi connectivity index (χ1n) is 8.04. The number of hydrogen-bond donors (Lipinski definition) is 1. The Morgan fingerprint density at radius 2 is 1.85 bits per heavy atom. The Hall–Kier alpha value is -1.31. The Morgan fingerprint density at radius 1 is 1.20 bits per heavy atom. The second-order valence-electron chi connectivity index (χ2n) is 5.98. The van der Waals surface area contributed by atoms with Crippen LogP contribution in [0, 0.1) is 5.92 Å². The molecule has 0 bridgehead atoms. The van der Waals surface area contributed by atoms with Crippen molar-refractivity contribution in [2.75, 3.05) is 7.05 Å². The third kappa shape index (κ3) is 3.84. The molecule has 0 heterocycles. The molecule has 2 rings (SSSR count). The van der Waals surface area contributed by atoms with E-state index >= 15 is 0 Å². The van der Waals surface area contributed by atoms with Crippen molar-refractivity contribution < 1.29 is 4.79 Å². The molecule has 1 aromatic rings. The number of amides is 1. The summed E-state index contributed by atoms with van der Waals surface area (Å²) in [5.74, 6) is 1.23. The minimum absolute atomic E-state index is 0.167. The van der Waals surface area contributed by atoms with E-state index in [1.165, 1.54) is 43.2 Å². The van der Waals surface area contributed by atoms with E-state index in [9.17, 15) is 4.79 Å². The number of nitrogens with one attached hydrogen (secondary N) is 1. The monoisotopic (exact) mass is 273 g/mol. The fraction of sp³-hybridized carbons (Fsp3) is 0.611. The van der Waals surface area contributed by atoms with Crippen LogP contribution in [0.5, 0.6) is 0 Å². The van der Waals surface area contributed by atoms with Crippen LogP contribution in [0.3, 0.4) is 0 Å². The second kappa shape index (κ2) is 7.47. The fourth-order valence-corrected chi connectivity index (χ4v) is 3.40. The number of hydrogen-bond acceptors (Lipinski definition) is 1. The van der Waals surface area contributed by atoms with Crippen molar-refractivity contribution in [2.45, 2.75) is 57.8 Å². The summed E-state index contributed by atoms with van der Waals surface area (Å²) in [4.78, 5) is 11.9. The maximum absolute atomic E-state index is 11.9. The van der Waals surface area contributed by atoms with Gasteiger partial charge in [0.15, 0.2) is 0 Å². The third-order valence-electron chi connectivity index (χ3n) is 4.72. The Bertz CT molecular complexity index is 418. The lowest BCUT2D eigenvalue weighted by molar-refractivity contribution is -0.121. The molecule has 110 valence electrons. The molecule has 1 N–H and O–H groups in total. The predicted molar refractivity (Wildman–Crippen MR) is 83.8 cm³/mol. The van der Waals surface area contributed by atoms with E-state index in [0.717, 1.165) is 6.42 Å². The molecule has 1 saturated carbocycles. The van der Waals surface area contributed by atoms with Gasteiger partial charge in [0.05, 0.1) is 0 Å². The van der Waals surface area contributed by atoms with Crippen LogP contribution < -0.4 is 5.32 Å². The largest absolute Gasteiger partial charge is 0.359 e. The van der Waals surface area contributed by atoms with E-state index in [-0.39, 0.29) is 5.91 Å². The van der Waals surface area contributed by atoms with Gasteiger partial charge in [0.1, 0.15) is 0 Å². The molecule has 2 nitrogen and oxygen atoms in total. The van der Waals surface area contributed by atoms with Gasteiger partial charge in [0.2, 0.25) is 5.91 Å². The van der Waals surface area contributed by atoms with Gasteiger partial charge in [-0.2, -0.15) is 0 Å². The molecule has 20 heavy (non-hydrogen) atoms. The van der Waals surface area contributed by atoms with Gasteiger partial charge >= 0.3 is 0 Å². The van der Waals surface area contributed by atoms with Crippen LogP contribution in [-0.4, -0.2) is 13.0 Å². The Balaban J connectivity index is 2.16. The van der Waals surface area contributed by atoms with E-state index in [2.05, 4.69) is 36.5 Å². The maximum Gasteiger partial charge on any atom is 0.220 e. The van der Waals surface area contributed by atoms with Gasteiger partial charge < -0.3 is 5.32 Å². The Kier molecular flexibility index (Phi) is 5.63. The van der Waals surface area contributed by atoms with Crippen LogP contribution in [0.25, 0.3) is 0 Å². The van der Waals surface area contributed by atoms with Crippen LogP contribution >= 0.6 is 0 Å². The molecule has 1 aromatic carbocycles. The van der Waals surface area contributed by atoms with E-state index in [0.29, 0.717) is 18.3 Å². The van der Waals surface area contributed by atoms with Gasteiger partial charge in [-0.1, -0.05) is 50.5 Å². The minimum atomic E-state index is 0.167. The van der Waals surface area contributed by atoms with Crippen molar-refractivity contribution in [1.29, 1.82) is 0 Å². The third-order valence-corrected chi connectivity index (χ3v) is 4.72. The summed E-state index contributed by atoms with van der Waals surface area (Å²) in [6.07, 6.45) is 8.26. The topological polar surface area (TPSA) is 29.1 Å². The summed E-state index contributed by atoms with van der Waals surface area (Å²) >= 11 is 0. The molecule has 1 atom stereocenters. The molecule has 1 unspecified atom stereocenters. The molecule has 2 heteroatoms. The SMILES string of the molecule is CCc1ccc(C(CC(=O)NC)C2CCCCC2)cc1. The first-order chi connectivity index (χ1) is 9.74. The zero-order valence-electron chi connectivity index (χ0n) is 12.8. The van der Waals surface area contributed by atoms with Crippen molar-refractivity contribution in [1.82, 2.24) is 5.32 Å². The number of aryl methyl sites for hydroxylation is 1. The van der Waals surface area contributed by atoms with Crippen LogP contribution in [0.4, 0.5) is 0 Å². The lowest BCUT2D eigenvalue weighted by Crippen LogP contribution is -2.25. The zero-order chi connectivity index (χ0) is 14.4. The number of benzene rings is 1. The second-order valence-corrected chi connectivity index (χ2v) is 5.98. The molecule has 0 aliphatic heterocycles. The summed E-state index contributed by atoms with van der Waals surface area (Å²) in [6.45, 7) is 2.18. The summed E-state index contributed by atoms with van der Waals surface area (Å²) < 4.78 is 0. The van der Waals surface area contributed by atoms with Crippen molar-refractivity contribution in [3.63, 3.8) is 0 Å². The first kappa shape index (κ1) is 15.1. The molecule has 1 aliphatic rings. The average Bonchev–Trinajstić information content (AvgIpc) is 2.53. The van der Waals surface area contributed by atoms with Gasteiger partial charge in [0.25, 0.3) is 0 Å². The molecular weight excluding hydrogens is 246 g/mol. The highest BCUT2D eigenvalue weighted by Gasteiger charge is 2.26. The highest BCUT2D eigenvalue weighted by Crippen LogP contribution is 2.38. The van der Waals surface area contributed by atoms with Crippen molar-refractivity contribution >= 4 is 5.91 Å². The van der Waals surface area contributed by atoms with Gasteiger partial charge in [-0.15, -0.1) is 0 Å². The van der Waals surface area contributed by atoms with Crippen LogP contribution in [-0.2, 0) is 11.2 Å². The Morgan fingerprint density at radius 3 is 2.40 bits per heavy atom. The standard InChI is InChI=1S/C18H27NO/c1-3-14-9-11-16(12-10-14)17(13-18(20)19-2)15-7-5-4-6-8-15/h9-12,15,17H,3-8,13H2,1-2H3,(H,19,20). The fourth-order valence-electron chi connectivity index (χ4n) is 3.40. The molecular formula is C18H27NO. The van der Waals surface area contributed by atoms with E-state index in [4.69, 9.17) is 0 Å². The van der Waals surface area contributed by atoms with E-state index < -0.39 is 0 Å². The van der Waals surface area contributed by atoms with E-state index in [1.807, 2.05) is 0 Å². The number of carbonyl (C=O) groups is 1.